The molecule has 1 atom stereocenters. The normalized spacial score (nSPS) is 25.6. The highest BCUT2D eigenvalue weighted by Crippen LogP contribution is 2.39. The van der Waals surface area contributed by atoms with E-state index in [4.69, 9.17) is 0 Å². The summed E-state index contributed by atoms with van der Waals surface area (Å²) in [5, 5.41) is 0. The first-order valence-corrected chi connectivity index (χ1v) is 8.93. The number of nitrogens with zero attached hydrogens (tertiary/aromatic N) is 3. The molecule has 134 valence electrons. The highest BCUT2D eigenvalue weighted by molar-refractivity contribution is 5.93. The molecule has 0 aromatic carbocycles. The number of carbonyl (C=O) groups is 1. The molecular weight excluding hydrogens is 312 g/mol. The summed E-state index contributed by atoms with van der Waals surface area (Å²) in [5.41, 5.74) is 0.678. The molecule has 3 heterocycles. The Morgan fingerprint density at radius 1 is 1.21 bits per heavy atom. The van der Waals surface area contributed by atoms with E-state index in [1.54, 1.807) is 17.9 Å². The van der Waals surface area contributed by atoms with Crippen molar-refractivity contribution in [2.45, 2.75) is 46.1 Å². The lowest BCUT2D eigenvalue weighted by Crippen LogP contribution is -2.53. The van der Waals surface area contributed by atoms with Gasteiger partial charge in [-0.15, -0.1) is 0 Å². The Morgan fingerprint density at radius 2 is 1.92 bits per heavy atom. The summed E-state index contributed by atoms with van der Waals surface area (Å²) in [5.74, 6) is -0.254. The molecule has 0 aliphatic carbocycles. The van der Waals surface area contributed by atoms with Crippen molar-refractivity contribution >= 4 is 5.91 Å². The number of rotatable bonds is 3. The highest BCUT2D eigenvalue weighted by Gasteiger charge is 2.40. The summed E-state index contributed by atoms with van der Waals surface area (Å²) < 4.78 is 27.4. The minimum absolute atomic E-state index is 0.114. The fourth-order valence-corrected chi connectivity index (χ4v) is 4.44. The van der Waals surface area contributed by atoms with Gasteiger partial charge in [0.05, 0.1) is 0 Å². The number of hydrogen-bond donors (Lipinski definition) is 0. The summed E-state index contributed by atoms with van der Waals surface area (Å²) in [6, 6.07) is 3.13. The van der Waals surface area contributed by atoms with Gasteiger partial charge in [0.1, 0.15) is 5.69 Å². The van der Waals surface area contributed by atoms with Crippen LogP contribution in [0.2, 0.25) is 0 Å². The molecule has 1 aromatic heterocycles. The van der Waals surface area contributed by atoms with E-state index in [1.165, 1.54) is 6.07 Å². The molecule has 0 bridgehead atoms. The maximum atomic E-state index is 13.3. The molecule has 2 aliphatic heterocycles. The van der Waals surface area contributed by atoms with E-state index < -0.39 is 6.55 Å². The van der Waals surface area contributed by atoms with Gasteiger partial charge >= 0.3 is 6.55 Å². The van der Waals surface area contributed by atoms with Crippen LogP contribution < -0.4 is 0 Å². The minimum atomic E-state index is -2.68. The number of likely N-dealkylation sites (tertiary alicyclic amines) is 2. The van der Waals surface area contributed by atoms with Crippen LogP contribution in [-0.4, -0.2) is 53.0 Å². The van der Waals surface area contributed by atoms with Crippen LogP contribution in [-0.2, 0) is 0 Å². The first kappa shape index (κ1) is 17.4. The van der Waals surface area contributed by atoms with E-state index in [0.717, 1.165) is 49.9 Å². The lowest BCUT2D eigenvalue weighted by molar-refractivity contribution is 0.0126. The van der Waals surface area contributed by atoms with Gasteiger partial charge in [-0.3, -0.25) is 9.36 Å². The Hall–Kier alpha value is -1.43. The zero-order chi connectivity index (χ0) is 17.3. The predicted octanol–water partition coefficient (Wildman–Crippen LogP) is 3.53. The summed E-state index contributed by atoms with van der Waals surface area (Å²) in [6.07, 6.45) is 4.37. The molecule has 2 aliphatic rings. The van der Waals surface area contributed by atoms with E-state index in [0.29, 0.717) is 18.8 Å². The van der Waals surface area contributed by atoms with Gasteiger partial charge in [0, 0.05) is 30.7 Å². The second-order valence-corrected chi connectivity index (χ2v) is 7.31. The second kappa shape index (κ2) is 6.82. The summed E-state index contributed by atoms with van der Waals surface area (Å²) in [7, 11) is 0. The van der Waals surface area contributed by atoms with E-state index in [2.05, 4.69) is 11.8 Å². The van der Waals surface area contributed by atoms with Gasteiger partial charge in [0.15, 0.2) is 0 Å². The summed E-state index contributed by atoms with van der Waals surface area (Å²) in [6.45, 7) is 5.63. The molecule has 4 nitrogen and oxygen atoms in total. The van der Waals surface area contributed by atoms with E-state index in [9.17, 15) is 13.6 Å². The van der Waals surface area contributed by atoms with Gasteiger partial charge in [-0.05, 0) is 57.8 Å². The number of aryl methyl sites for hydroxylation is 1. The first-order chi connectivity index (χ1) is 11.5. The number of piperidine rings is 2. The van der Waals surface area contributed by atoms with Crippen molar-refractivity contribution in [3.8, 4) is 0 Å². The molecule has 1 amide bonds. The van der Waals surface area contributed by atoms with E-state index in [1.807, 2.05) is 0 Å². The maximum absolute atomic E-state index is 13.3. The topological polar surface area (TPSA) is 28.5 Å². The van der Waals surface area contributed by atoms with Crippen LogP contribution >= 0.6 is 0 Å². The zero-order valence-corrected chi connectivity index (χ0v) is 14.6. The van der Waals surface area contributed by atoms with Crippen LogP contribution in [0.1, 0.15) is 55.3 Å². The van der Waals surface area contributed by atoms with Gasteiger partial charge in [0.25, 0.3) is 5.91 Å². The van der Waals surface area contributed by atoms with Gasteiger partial charge < -0.3 is 9.80 Å². The molecule has 0 N–H and O–H groups in total. The molecule has 2 saturated heterocycles. The van der Waals surface area contributed by atoms with Crippen molar-refractivity contribution < 1.29 is 13.6 Å². The number of aromatic nitrogens is 1. The van der Waals surface area contributed by atoms with Crippen molar-refractivity contribution in [3.05, 3.63) is 23.5 Å². The van der Waals surface area contributed by atoms with Crippen LogP contribution in [0.15, 0.2) is 12.1 Å². The predicted molar refractivity (Wildman–Crippen MR) is 89.3 cm³/mol. The standard InChI is InChI=1S/C18H27F2N3O/c1-3-21-10-4-8-18(12-21)9-5-11-22(13-18)16(24)15-7-6-14(2)23(15)17(19)20/h6-7,17H,3-5,8-13H2,1-2H3/t18-/m1/s1. The fourth-order valence-electron chi connectivity index (χ4n) is 4.44. The Morgan fingerprint density at radius 3 is 2.58 bits per heavy atom. The molecular formula is C18H27F2N3O. The molecule has 1 aromatic rings. The Kier molecular flexibility index (Phi) is 4.95. The van der Waals surface area contributed by atoms with Crippen molar-refractivity contribution in [1.29, 1.82) is 0 Å². The molecule has 0 saturated carbocycles. The largest absolute Gasteiger partial charge is 0.337 e. The Balaban J connectivity index is 1.79. The maximum Gasteiger partial charge on any atom is 0.319 e. The number of hydrogen-bond acceptors (Lipinski definition) is 2. The Labute approximate surface area is 142 Å². The molecule has 6 heteroatoms. The van der Waals surface area contributed by atoms with Gasteiger partial charge in [0.2, 0.25) is 0 Å². The van der Waals surface area contributed by atoms with Crippen LogP contribution in [0.25, 0.3) is 0 Å². The number of amides is 1. The summed E-state index contributed by atoms with van der Waals surface area (Å²) >= 11 is 0. The molecule has 3 rings (SSSR count). The van der Waals surface area contributed by atoms with Crippen LogP contribution in [0.4, 0.5) is 8.78 Å². The van der Waals surface area contributed by atoms with Crippen molar-refractivity contribution in [1.82, 2.24) is 14.4 Å². The number of carbonyl (C=O) groups excluding carboxylic acids is 1. The van der Waals surface area contributed by atoms with Crippen molar-refractivity contribution in [2.75, 3.05) is 32.7 Å². The van der Waals surface area contributed by atoms with Gasteiger partial charge in [-0.2, -0.15) is 8.78 Å². The van der Waals surface area contributed by atoms with Crippen LogP contribution in [0, 0.1) is 12.3 Å². The van der Waals surface area contributed by atoms with E-state index >= 15 is 0 Å². The van der Waals surface area contributed by atoms with Crippen LogP contribution in [0.3, 0.4) is 0 Å². The monoisotopic (exact) mass is 339 g/mol. The number of alkyl halides is 2. The summed E-state index contributed by atoms with van der Waals surface area (Å²) in [4.78, 5) is 17.1. The fraction of sp³-hybridized carbons (Fsp3) is 0.722. The molecule has 2 fully saturated rings. The lowest BCUT2D eigenvalue weighted by Gasteiger charge is -2.48. The van der Waals surface area contributed by atoms with Crippen LogP contribution in [0.5, 0.6) is 0 Å². The molecule has 1 spiro atoms. The van der Waals surface area contributed by atoms with Crippen molar-refractivity contribution in [3.63, 3.8) is 0 Å². The van der Waals surface area contributed by atoms with Crippen molar-refractivity contribution in [2.24, 2.45) is 5.41 Å². The third kappa shape index (κ3) is 3.21. The first-order valence-electron chi connectivity index (χ1n) is 8.93. The SMILES string of the molecule is CCN1CCC[C@@]2(CCCN(C(=O)c3ccc(C)n3C(F)F)C2)C1. The highest BCUT2D eigenvalue weighted by atomic mass is 19.3. The smallest absolute Gasteiger partial charge is 0.319 e. The van der Waals surface area contributed by atoms with Gasteiger partial charge in [-0.1, -0.05) is 6.92 Å². The second-order valence-electron chi connectivity index (χ2n) is 7.31. The third-order valence-corrected chi connectivity index (χ3v) is 5.67. The number of halogens is 2. The minimum Gasteiger partial charge on any atom is -0.337 e. The molecule has 0 radical (unpaired) electrons. The van der Waals surface area contributed by atoms with Gasteiger partial charge in [-0.25, -0.2) is 0 Å². The Bertz CT molecular complexity index is 597. The average Bonchev–Trinajstić information content (AvgIpc) is 2.96. The average molecular weight is 339 g/mol. The molecule has 0 unspecified atom stereocenters. The molecule has 24 heavy (non-hydrogen) atoms. The third-order valence-electron chi connectivity index (χ3n) is 5.67. The quantitative estimate of drug-likeness (QED) is 0.843. The van der Waals surface area contributed by atoms with E-state index in [-0.39, 0.29) is 17.0 Å². The zero-order valence-electron chi connectivity index (χ0n) is 14.6. The lowest BCUT2D eigenvalue weighted by atomic mass is 9.73.